The third-order valence-corrected chi connectivity index (χ3v) is 3.99. The van der Waals surface area contributed by atoms with Crippen molar-refractivity contribution in [3.05, 3.63) is 59.0 Å². The normalized spacial score (nSPS) is 16.0. The molecule has 122 valence electrons. The predicted molar refractivity (Wildman–Crippen MR) is 89.7 cm³/mol. The second-order valence-corrected chi connectivity index (χ2v) is 5.33. The molecule has 0 saturated heterocycles. The van der Waals surface area contributed by atoms with E-state index in [9.17, 15) is 5.26 Å². The van der Waals surface area contributed by atoms with Crippen molar-refractivity contribution >= 4 is 5.69 Å². The summed E-state index contributed by atoms with van der Waals surface area (Å²) in [6, 6.07) is 12.9. The zero-order valence-corrected chi connectivity index (χ0v) is 13.4. The highest BCUT2D eigenvalue weighted by atomic mass is 16.5. The van der Waals surface area contributed by atoms with Gasteiger partial charge in [-0.3, -0.25) is 0 Å². The van der Waals surface area contributed by atoms with E-state index in [4.69, 9.17) is 25.7 Å². The summed E-state index contributed by atoms with van der Waals surface area (Å²) in [4.78, 5) is 0. The molecule has 0 fully saturated rings. The van der Waals surface area contributed by atoms with Crippen LogP contribution in [0.25, 0.3) is 0 Å². The fourth-order valence-electron chi connectivity index (χ4n) is 2.85. The summed E-state index contributed by atoms with van der Waals surface area (Å²) in [5.74, 6) is 1.47. The van der Waals surface area contributed by atoms with E-state index in [1.807, 2.05) is 18.2 Å². The Bertz CT molecular complexity index is 868. The molecule has 1 aliphatic rings. The average molecular weight is 323 g/mol. The van der Waals surface area contributed by atoms with Crippen LogP contribution in [-0.2, 0) is 0 Å². The highest BCUT2D eigenvalue weighted by molar-refractivity contribution is 5.62. The molecule has 0 radical (unpaired) electrons. The van der Waals surface area contributed by atoms with E-state index in [1.165, 1.54) is 0 Å². The number of nitrogen functional groups attached to an aromatic ring is 1. The largest absolute Gasteiger partial charge is 0.497 e. The van der Waals surface area contributed by atoms with Crippen LogP contribution in [0, 0.1) is 11.3 Å². The first kappa shape index (κ1) is 15.6. The van der Waals surface area contributed by atoms with E-state index in [-0.39, 0.29) is 5.88 Å². The fourth-order valence-corrected chi connectivity index (χ4v) is 2.85. The molecule has 0 aliphatic carbocycles. The van der Waals surface area contributed by atoms with Crippen LogP contribution in [0.2, 0.25) is 0 Å². The van der Waals surface area contributed by atoms with Crippen molar-refractivity contribution in [3.63, 3.8) is 0 Å². The van der Waals surface area contributed by atoms with Gasteiger partial charge < -0.3 is 25.7 Å². The third-order valence-electron chi connectivity index (χ3n) is 3.99. The Labute approximate surface area is 139 Å². The summed E-state index contributed by atoms with van der Waals surface area (Å²) in [5, 5.41) is 9.58. The van der Waals surface area contributed by atoms with Gasteiger partial charge in [0.25, 0.3) is 0 Å². The van der Waals surface area contributed by atoms with Crippen molar-refractivity contribution in [2.75, 3.05) is 20.0 Å². The maximum Gasteiger partial charge on any atom is 0.205 e. The summed E-state index contributed by atoms with van der Waals surface area (Å²) < 4.78 is 16.3. The van der Waals surface area contributed by atoms with Gasteiger partial charge in [0.1, 0.15) is 28.9 Å². The van der Waals surface area contributed by atoms with Gasteiger partial charge in [-0.15, -0.1) is 0 Å². The Morgan fingerprint density at radius 1 is 1.04 bits per heavy atom. The standard InChI is InChI=1S/C18H17N3O3/c1-22-11-4-6-12(15(8-11)23-2)17-13-5-3-10(20)7-16(13)24-18(21)14(17)9-19/h3-8,17H,20-21H2,1-2H3/t17-/m1/s1. The second kappa shape index (κ2) is 6.05. The number of methoxy groups -OCH3 is 2. The lowest BCUT2D eigenvalue weighted by molar-refractivity contribution is 0.381. The molecule has 0 spiro atoms. The molecule has 6 heteroatoms. The van der Waals surface area contributed by atoms with Crippen molar-refractivity contribution in [3.8, 4) is 23.3 Å². The minimum atomic E-state index is -0.403. The molecule has 0 unspecified atom stereocenters. The molecule has 2 aromatic rings. The van der Waals surface area contributed by atoms with Crippen molar-refractivity contribution < 1.29 is 14.2 Å². The minimum absolute atomic E-state index is 0.0680. The lowest BCUT2D eigenvalue weighted by Crippen LogP contribution is -2.21. The summed E-state index contributed by atoms with van der Waals surface area (Å²) in [7, 11) is 3.15. The molecule has 0 amide bonds. The maximum atomic E-state index is 9.58. The van der Waals surface area contributed by atoms with Gasteiger partial charge in [0.05, 0.1) is 20.1 Å². The zero-order chi connectivity index (χ0) is 17.3. The lowest BCUT2D eigenvalue weighted by Gasteiger charge is -2.27. The molecule has 2 aromatic carbocycles. The van der Waals surface area contributed by atoms with Crippen LogP contribution in [0.5, 0.6) is 17.2 Å². The monoisotopic (exact) mass is 323 g/mol. The zero-order valence-electron chi connectivity index (χ0n) is 13.4. The number of nitriles is 1. The van der Waals surface area contributed by atoms with E-state index in [0.717, 1.165) is 11.1 Å². The van der Waals surface area contributed by atoms with E-state index in [0.29, 0.717) is 28.5 Å². The smallest absolute Gasteiger partial charge is 0.205 e. The van der Waals surface area contributed by atoms with Crippen molar-refractivity contribution in [2.24, 2.45) is 5.73 Å². The molecule has 24 heavy (non-hydrogen) atoms. The molecule has 3 rings (SSSR count). The van der Waals surface area contributed by atoms with Gasteiger partial charge in [-0.2, -0.15) is 5.26 Å². The quantitative estimate of drug-likeness (QED) is 0.841. The topological polar surface area (TPSA) is 104 Å². The highest BCUT2D eigenvalue weighted by Gasteiger charge is 2.32. The van der Waals surface area contributed by atoms with Crippen LogP contribution in [0.15, 0.2) is 47.9 Å². The minimum Gasteiger partial charge on any atom is -0.497 e. The van der Waals surface area contributed by atoms with Crippen LogP contribution >= 0.6 is 0 Å². The highest BCUT2D eigenvalue weighted by Crippen LogP contribution is 2.45. The molecule has 0 aromatic heterocycles. The predicted octanol–water partition coefficient (Wildman–Crippen LogP) is 2.50. The van der Waals surface area contributed by atoms with Crippen LogP contribution in [-0.4, -0.2) is 14.2 Å². The van der Waals surface area contributed by atoms with E-state index < -0.39 is 5.92 Å². The van der Waals surface area contributed by atoms with E-state index in [1.54, 1.807) is 32.4 Å². The first-order valence-electron chi connectivity index (χ1n) is 7.28. The summed E-state index contributed by atoms with van der Waals surface area (Å²) >= 11 is 0. The first-order valence-corrected chi connectivity index (χ1v) is 7.28. The molecule has 0 bridgehead atoms. The van der Waals surface area contributed by atoms with E-state index >= 15 is 0 Å². The van der Waals surface area contributed by atoms with Gasteiger partial charge in [0, 0.05) is 28.9 Å². The van der Waals surface area contributed by atoms with Crippen molar-refractivity contribution in [1.82, 2.24) is 0 Å². The van der Waals surface area contributed by atoms with Crippen LogP contribution < -0.4 is 25.7 Å². The number of nitrogens with zero attached hydrogens (tertiary/aromatic N) is 1. The molecule has 4 N–H and O–H groups in total. The fraction of sp³-hybridized carbons (Fsp3) is 0.167. The molecular formula is C18H17N3O3. The molecule has 1 atom stereocenters. The Balaban J connectivity index is 2.24. The number of hydrogen-bond donors (Lipinski definition) is 2. The second-order valence-electron chi connectivity index (χ2n) is 5.33. The van der Waals surface area contributed by atoms with Crippen molar-refractivity contribution in [2.45, 2.75) is 5.92 Å². The van der Waals surface area contributed by atoms with Gasteiger partial charge in [0.2, 0.25) is 5.88 Å². The molecule has 6 nitrogen and oxygen atoms in total. The van der Waals surface area contributed by atoms with Gasteiger partial charge in [-0.05, 0) is 12.1 Å². The van der Waals surface area contributed by atoms with Crippen LogP contribution in [0.3, 0.4) is 0 Å². The third kappa shape index (κ3) is 2.46. The number of rotatable bonds is 3. The number of ether oxygens (including phenoxy) is 3. The van der Waals surface area contributed by atoms with Crippen molar-refractivity contribution in [1.29, 1.82) is 5.26 Å². The van der Waals surface area contributed by atoms with Gasteiger partial charge in [0.15, 0.2) is 0 Å². The van der Waals surface area contributed by atoms with Gasteiger partial charge >= 0.3 is 0 Å². The lowest BCUT2D eigenvalue weighted by atomic mass is 9.83. The molecule has 1 aliphatic heterocycles. The molecule has 1 heterocycles. The van der Waals surface area contributed by atoms with Crippen LogP contribution in [0.1, 0.15) is 17.0 Å². The summed E-state index contributed by atoms with van der Waals surface area (Å²) in [5.41, 5.74) is 14.3. The number of benzene rings is 2. The number of fused-ring (bicyclic) bond motifs is 1. The number of hydrogen-bond acceptors (Lipinski definition) is 6. The van der Waals surface area contributed by atoms with Crippen LogP contribution in [0.4, 0.5) is 5.69 Å². The van der Waals surface area contributed by atoms with Gasteiger partial charge in [-0.1, -0.05) is 12.1 Å². The summed E-state index contributed by atoms with van der Waals surface area (Å²) in [6.07, 6.45) is 0. The first-order chi connectivity index (χ1) is 11.6. The maximum absolute atomic E-state index is 9.58. The number of nitrogens with two attached hydrogens (primary N) is 2. The Hall–Kier alpha value is -3.33. The Morgan fingerprint density at radius 2 is 1.79 bits per heavy atom. The van der Waals surface area contributed by atoms with Gasteiger partial charge in [-0.25, -0.2) is 0 Å². The average Bonchev–Trinajstić information content (AvgIpc) is 2.59. The Morgan fingerprint density at radius 3 is 2.46 bits per heavy atom. The van der Waals surface area contributed by atoms with E-state index in [2.05, 4.69) is 6.07 Å². The molecular weight excluding hydrogens is 306 g/mol. The summed E-state index contributed by atoms with van der Waals surface area (Å²) in [6.45, 7) is 0. The number of anilines is 1. The molecule has 0 saturated carbocycles. The SMILES string of the molecule is COc1ccc([C@H]2C(C#N)=C(N)Oc3cc(N)ccc32)c(OC)c1. The number of allylic oxidation sites excluding steroid dienone is 1. The Kier molecular flexibility index (Phi) is 3.92.